The second-order valence-electron chi connectivity index (χ2n) is 7.35. The van der Waals surface area contributed by atoms with Crippen LogP contribution in [0.25, 0.3) is 10.8 Å². The van der Waals surface area contributed by atoms with E-state index in [9.17, 15) is 9.90 Å². The highest BCUT2D eigenvalue weighted by Crippen LogP contribution is 2.35. The highest BCUT2D eigenvalue weighted by Gasteiger charge is 2.30. The Bertz CT molecular complexity index is 1040. The monoisotopic (exact) mass is 409 g/mol. The summed E-state index contributed by atoms with van der Waals surface area (Å²) in [5, 5.41) is 15.5. The molecule has 0 radical (unpaired) electrons. The smallest absolute Gasteiger partial charge is 0.257 e. The number of pyridine rings is 1. The van der Waals surface area contributed by atoms with Crippen LogP contribution in [0.15, 0.2) is 48.7 Å². The van der Waals surface area contributed by atoms with E-state index in [1.807, 2.05) is 36.1 Å². The number of aliphatic hydroxyl groups is 1. The van der Waals surface area contributed by atoms with Crippen LogP contribution in [-0.4, -0.2) is 40.2 Å². The van der Waals surface area contributed by atoms with E-state index in [0.717, 1.165) is 34.0 Å². The number of fused-ring (bicyclic) bond motifs is 3. The average molecular weight is 410 g/mol. The molecular weight excluding hydrogens is 386 g/mol. The highest BCUT2D eigenvalue weighted by molar-refractivity contribution is 6.29. The Labute approximate surface area is 175 Å². The molecule has 6 heteroatoms. The standard InChI is InChI=1S/C23H24ClN3O2/c1-2-17(9-10-28)27-14-26-22-19-6-4-3-5-18(19)16(12-20(22)23(27)29)11-15-7-8-21(24)25-13-15/h3-8,12-13,17,26,28H,2,9-11,14H2,1H3. The van der Waals surface area contributed by atoms with E-state index < -0.39 is 0 Å². The van der Waals surface area contributed by atoms with Crippen molar-refractivity contribution in [1.82, 2.24) is 9.88 Å². The molecule has 0 saturated carbocycles. The van der Waals surface area contributed by atoms with E-state index in [2.05, 4.69) is 22.4 Å². The first-order valence-electron chi connectivity index (χ1n) is 9.93. The summed E-state index contributed by atoms with van der Waals surface area (Å²) in [7, 11) is 0. The van der Waals surface area contributed by atoms with Crippen molar-refractivity contribution in [1.29, 1.82) is 0 Å². The molecule has 0 fully saturated rings. The third-order valence-electron chi connectivity index (χ3n) is 5.61. The van der Waals surface area contributed by atoms with E-state index in [-0.39, 0.29) is 18.6 Å². The Morgan fingerprint density at radius 3 is 2.72 bits per heavy atom. The molecule has 0 aliphatic carbocycles. The molecule has 150 valence electrons. The van der Waals surface area contributed by atoms with Gasteiger partial charge in [-0.15, -0.1) is 0 Å². The lowest BCUT2D eigenvalue weighted by atomic mass is 9.93. The third-order valence-corrected chi connectivity index (χ3v) is 5.83. The van der Waals surface area contributed by atoms with Gasteiger partial charge in [0.15, 0.2) is 0 Å². The number of benzene rings is 2. The number of rotatable bonds is 6. The lowest BCUT2D eigenvalue weighted by Crippen LogP contribution is -2.46. The molecule has 0 spiro atoms. The fraction of sp³-hybridized carbons (Fsp3) is 0.304. The number of amides is 1. The largest absolute Gasteiger partial charge is 0.396 e. The Balaban J connectivity index is 1.79. The van der Waals surface area contributed by atoms with E-state index in [1.165, 1.54) is 0 Å². The highest BCUT2D eigenvalue weighted by atomic mass is 35.5. The topological polar surface area (TPSA) is 65.5 Å². The minimum absolute atomic E-state index is 0.0142. The van der Waals surface area contributed by atoms with E-state index >= 15 is 0 Å². The zero-order valence-electron chi connectivity index (χ0n) is 16.4. The van der Waals surface area contributed by atoms with Crippen molar-refractivity contribution in [3.05, 3.63) is 70.5 Å². The molecule has 1 atom stereocenters. The summed E-state index contributed by atoms with van der Waals surface area (Å²) in [6, 6.07) is 13.9. The maximum absolute atomic E-state index is 13.4. The van der Waals surface area contributed by atoms with Gasteiger partial charge in [-0.3, -0.25) is 4.79 Å². The second kappa shape index (κ2) is 8.39. The molecule has 4 rings (SSSR count). The van der Waals surface area contributed by atoms with E-state index in [4.69, 9.17) is 11.6 Å². The van der Waals surface area contributed by atoms with Crippen LogP contribution in [0.1, 0.15) is 41.3 Å². The molecule has 2 N–H and O–H groups in total. The van der Waals surface area contributed by atoms with Crippen molar-refractivity contribution < 1.29 is 9.90 Å². The first-order valence-corrected chi connectivity index (χ1v) is 10.3. The molecule has 1 aliphatic heterocycles. The molecule has 1 unspecified atom stereocenters. The van der Waals surface area contributed by atoms with Crippen LogP contribution in [0.4, 0.5) is 5.69 Å². The molecular formula is C23H24ClN3O2. The van der Waals surface area contributed by atoms with Crippen molar-refractivity contribution in [2.75, 3.05) is 18.6 Å². The first-order chi connectivity index (χ1) is 14.1. The summed E-state index contributed by atoms with van der Waals surface area (Å²) in [5.74, 6) is 0.0142. The summed E-state index contributed by atoms with van der Waals surface area (Å²) in [6.45, 7) is 2.57. The molecule has 0 bridgehead atoms. The van der Waals surface area contributed by atoms with E-state index in [0.29, 0.717) is 30.2 Å². The third kappa shape index (κ3) is 3.80. The number of carbonyl (C=O) groups is 1. The summed E-state index contributed by atoms with van der Waals surface area (Å²) in [5.41, 5.74) is 3.69. The fourth-order valence-electron chi connectivity index (χ4n) is 4.10. The zero-order valence-corrected chi connectivity index (χ0v) is 17.1. The van der Waals surface area contributed by atoms with Gasteiger partial charge in [0.2, 0.25) is 0 Å². The Kier molecular flexibility index (Phi) is 5.69. The molecule has 1 amide bonds. The van der Waals surface area contributed by atoms with Gasteiger partial charge >= 0.3 is 0 Å². The number of nitrogens with one attached hydrogen (secondary N) is 1. The predicted octanol–water partition coefficient (Wildman–Crippen LogP) is 4.47. The van der Waals surface area contributed by atoms with Crippen LogP contribution >= 0.6 is 11.6 Å². The number of halogens is 1. The molecule has 29 heavy (non-hydrogen) atoms. The Morgan fingerprint density at radius 2 is 2.03 bits per heavy atom. The van der Waals surface area contributed by atoms with Gasteiger partial charge in [0, 0.05) is 24.2 Å². The lowest BCUT2D eigenvalue weighted by molar-refractivity contribution is 0.0648. The van der Waals surface area contributed by atoms with Crippen LogP contribution in [0.5, 0.6) is 0 Å². The maximum atomic E-state index is 13.4. The number of hydrogen-bond acceptors (Lipinski definition) is 4. The molecule has 2 aromatic carbocycles. The lowest BCUT2D eigenvalue weighted by Gasteiger charge is -2.36. The van der Waals surface area contributed by atoms with Gasteiger partial charge in [-0.1, -0.05) is 48.9 Å². The number of anilines is 1. The molecule has 2 heterocycles. The van der Waals surface area contributed by atoms with Crippen LogP contribution in [0.2, 0.25) is 5.15 Å². The Morgan fingerprint density at radius 1 is 1.24 bits per heavy atom. The van der Waals surface area contributed by atoms with Gasteiger partial charge in [0.1, 0.15) is 5.15 Å². The van der Waals surface area contributed by atoms with Gasteiger partial charge in [-0.2, -0.15) is 0 Å². The quantitative estimate of drug-likeness (QED) is 0.590. The Hall–Kier alpha value is -2.63. The van der Waals surface area contributed by atoms with Gasteiger partial charge in [-0.25, -0.2) is 4.98 Å². The summed E-state index contributed by atoms with van der Waals surface area (Å²) in [6.07, 6.45) is 3.83. The maximum Gasteiger partial charge on any atom is 0.257 e. The van der Waals surface area contributed by atoms with E-state index in [1.54, 1.807) is 12.3 Å². The average Bonchev–Trinajstić information content (AvgIpc) is 2.75. The minimum atomic E-state index is 0.0142. The van der Waals surface area contributed by atoms with Crippen LogP contribution in [0, 0.1) is 0 Å². The molecule has 1 aliphatic rings. The number of carbonyl (C=O) groups excluding carboxylic acids is 1. The predicted molar refractivity (Wildman–Crippen MR) is 116 cm³/mol. The second-order valence-corrected chi connectivity index (χ2v) is 7.74. The molecule has 3 aromatic rings. The van der Waals surface area contributed by atoms with Crippen molar-refractivity contribution >= 4 is 34.0 Å². The number of aliphatic hydroxyl groups excluding tert-OH is 1. The summed E-state index contributed by atoms with van der Waals surface area (Å²) >= 11 is 5.92. The van der Waals surface area contributed by atoms with Crippen LogP contribution in [0.3, 0.4) is 0 Å². The van der Waals surface area contributed by atoms with Gasteiger partial charge in [0.05, 0.1) is 17.9 Å². The van der Waals surface area contributed by atoms with Crippen molar-refractivity contribution in [3.8, 4) is 0 Å². The molecule has 1 aromatic heterocycles. The normalized spacial score (nSPS) is 14.6. The van der Waals surface area contributed by atoms with Crippen LogP contribution in [-0.2, 0) is 6.42 Å². The fourth-order valence-corrected chi connectivity index (χ4v) is 4.21. The van der Waals surface area contributed by atoms with Gasteiger partial charge in [-0.05, 0) is 47.9 Å². The zero-order chi connectivity index (χ0) is 20.4. The summed E-state index contributed by atoms with van der Waals surface area (Å²) < 4.78 is 0. The van der Waals surface area contributed by atoms with Gasteiger partial charge < -0.3 is 15.3 Å². The summed E-state index contributed by atoms with van der Waals surface area (Å²) in [4.78, 5) is 19.4. The minimum Gasteiger partial charge on any atom is -0.396 e. The SMILES string of the molecule is CCC(CCO)N1CNc2c(cc(Cc3ccc(Cl)nc3)c3ccccc23)C1=O. The number of nitrogens with zero attached hydrogens (tertiary/aromatic N) is 2. The van der Waals surface area contributed by atoms with Gasteiger partial charge in [0.25, 0.3) is 5.91 Å². The first kappa shape index (κ1) is 19.7. The van der Waals surface area contributed by atoms with Crippen molar-refractivity contribution in [2.45, 2.75) is 32.2 Å². The number of aromatic nitrogens is 1. The van der Waals surface area contributed by atoms with Crippen molar-refractivity contribution in [2.24, 2.45) is 0 Å². The molecule has 5 nitrogen and oxygen atoms in total. The van der Waals surface area contributed by atoms with Crippen LogP contribution < -0.4 is 5.32 Å². The number of hydrogen-bond donors (Lipinski definition) is 2. The van der Waals surface area contributed by atoms with Crippen molar-refractivity contribution in [3.63, 3.8) is 0 Å². The molecule has 0 saturated heterocycles.